The molecule has 0 aromatic heterocycles. The van der Waals surface area contributed by atoms with Gasteiger partial charge in [-0.15, -0.1) is 0 Å². The Morgan fingerprint density at radius 3 is 2.60 bits per heavy atom. The number of carbonyl (C=O) groups is 2. The van der Waals surface area contributed by atoms with Crippen molar-refractivity contribution in [2.24, 2.45) is 11.8 Å². The van der Waals surface area contributed by atoms with Crippen molar-refractivity contribution >= 4 is 17.6 Å². The third-order valence-corrected chi connectivity index (χ3v) is 2.86. The lowest BCUT2D eigenvalue weighted by atomic mass is 10.2. The van der Waals surface area contributed by atoms with E-state index in [9.17, 15) is 22.8 Å². The fourth-order valence-electron chi connectivity index (χ4n) is 1.78. The monoisotopic (exact) mass is 289 g/mol. The lowest BCUT2D eigenvalue weighted by Crippen LogP contribution is -2.18. The van der Waals surface area contributed by atoms with Crippen LogP contribution in [-0.4, -0.2) is 23.6 Å². The number of anilines is 1. The summed E-state index contributed by atoms with van der Waals surface area (Å²) in [5.74, 6) is -4.50. The molecular formula is C12H10F3NO4. The van der Waals surface area contributed by atoms with E-state index in [1.54, 1.807) is 0 Å². The van der Waals surface area contributed by atoms with Crippen LogP contribution in [0, 0.1) is 17.7 Å². The smallest absolute Gasteiger partial charge is 0.387 e. The predicted molar refractivity (Wildman–Crippen MR) is 60.9 cm³/mol. The highest BCUT2D eigenvalue weighted by Crippen LogP contribution is 2.40. The van der Waals surface area contributed by atoms with E-state index < -0.39 is 41.9 Å². The number of hydrogen-bond donors (Lipinski definition) is 2. The van der Waals surface area contributed by atoms with E-state index in [1.807, 2.05) is 0 Å². The first-order chi connectivity index (χ1) is 9.38. The molecule has 5 nitrogen and oxygen atoms in total. The van der Waals surface area contributed by atoms with Gasteiger partial charge in [-0.3, -0.25) is 9.59 Å². The number of carboxylic acid groups (broad SMARTS) is 1. The molecule has 2 atom stereocenters. The second-order valence-corrected chi connectivity index (χ2v) is 4.30. The van der Waals surface area contributed by atoms with Crippen molar-refractivity contribution in [1.29, 1.82) is 0 Å². The number of carboxylic acids is 1. The fraction of sp³-hybridized carbons (Fsp3) is 0.333. The molecule has 1 aromatic rings. The first kappa shape index (κ1) is 14.2. The number of hydrogen-bond acceptors (Lipinski definition) is 3. The minimum absolute atomic E-state index is 0.132. The molecule has 2 rings (SSSR count). The minimum atomic E-state index is -3.17. The molecule has 0 radical (unpaired) electrons. The van der Waals surface area contributed by atoms with Crippen molar-refractivity contribution in [3.63, 3.8) is 0 Å². The number of alkyl halides is 2. The van der Waals surface area contributed by atoms with Gasteiger partial charge in [0.05, 0.1) is 17.5 Å². The van der Waals surface area contributed by atoms with E-state index >= 15 is 0 Å². The average Bonchev–Trinajstić information content (AvgIpc) is 3.12. The van der Waals surface area contributed by atoms with E-state index in [2.05, 4.69) is 10.1 Å². The molecule has 0 aliphatic heterocycles. The van der Waals surface area contributed by atoms with Crippen LogP contribution in [0.4, 0.5) is 18.9 Å². The highest BCUT2D eigenvalue weighted by Gasteiger charge is 2.48. The molecule has 0 heterocycles. The Morgan fingerprint density at radius 1 is 1.35 bits per heavy atom. The fourth-order valence-corrected chi connectivity index (χ4v) is 1.78. The van der Waals surface area contributed by atoms with Crippen LogP contribution < -0.4 is 10.1 Å². The summed E-state index contributed by atoms with van der Waals surface area (Å²) in [7, 11) is 0. The second kappa shape index (κ2) is 5.40. The van der Waals surface area contributed by atoms with Gasteiger partial charge in [0.2, 0.25) is 5.91 Å². The van der Waals surface area contributed by atoms with Crippen LogP contribution in [0.2, 0.25) is 0 Å². The van der Waals surface area contributed by atoms with Gasteiger partial charge in [-0.2, -0.15) is 8.78 Å². The van der Waals surface area contributed by atoms with Crippen LogP contribution in [-0.2, 0) is 9.59 Å². The van der Waals surface area contributed by atoms with Crippen molar-refractivity contribution in [2.75, 3.05) is 5.32 Å². The number of aliphatic carboxylic acids is 1. The zero-order valence-electron chi connectivity index (χ0n) is 9.98. The van der Waals surface area contributed by atoms with Gasteiger partial charge >= 0.3 is 12.6 Å². The number of rotatable bonds is 5. The van der Waals surface area contributed by atoms with E-state index in [-0.39, 0.29) is 12.1 Å². The summed E-state index contributed by atoms with van der Waals surface area (Å²) < 4.78 is 41.4. The topological polar surface area (TPSA) is 75.6 Å². The van der Waals surface area contributed by atoms with Crippen LogP contribution in [0.1, 0.15) is 6.42 Å². The van der Waals surface area contributed by atoms with Crippen molar-refractivity contribution in [2.45, 2.75) is 13.0 Å². The zero-order valence-corrected chi connectivity index (χ0v) is 9.98. The standard InChI is InChI=1S/C12H10F3NO4/c13-5-1-2-8(9(3-5)20-12(14)15)16-10(17)6-4-7(6)11(18)19/h1-3,6-7,12H,4H2,(H,16,17)(H,18,19). The molecule has 8 heteroatoms. The molecule has 2 N–H and O–H groups in total. The van der Waals surface area contributed by atoms with Gasteiger partial charge in [0.1, 0.15) is 5.82 Å². The summed E-state index contributed by atoms with van der Waals surface area (Å²) in [5.41, 5.74) is -0.132. The molecule has 1 fully saturated rings. The van der Waals surface area contributed by atoms with Gasteiger partial charge < -0.3 is 15.2 Å². The molecule has 1 amide bonds. The normalized spacial score (nSPS) is 20.6. The molecule has 0 bridgehead atoms. The Hall–Kier alpha value is -2.25. The molecule has 108 valence electrons. The van der Waals surface area contributed by atoms with Crippen LogP contribution in [0.25, 0.3) is 0 Å². The first-order valence-corrected chi connectivity index (χ1v) is 5.66. The summed E-state index contributed by atoms with van der Waals surface area (Å²) in [4.78, 5) is 22.3. The van der Waals surface area contributed by atoms with Crippen molar-refractivity contribution in [1.82, 2.24) is 0 Å². The summed E-state index contributed by atoms with van der Waals surface area (Å²) in [5, 5.41) is 11.0. The first-order valence-electron chi connectivity index (χ1n) is 5.66. The SMILES string of the molecule is O=C(O)C1CC1C(=O)Nc1ccc(F)cc1OC(F)F. The van der Waals surface area contributed by atoms with Gasteiger partial charge in [0.15, 0.2) is 5.75 Å². The third-order valence-electron chi connectivity index (χ3n) is 2.86. The van der Waals surface area contributed by atoms with Crippen molar-refractivity contribution in [3.8, 4) is 5.75 Å². The van der Waals surface area contributed by atoms with Crippen LogP contribution in [0.3, 0.4) is 0 Å². The number of halogens is 3. The molecule has 1 aliphatic carbocycles. The van der Waals surface area contributed by atoms with E-state index in [1.165, 1.54) is 0 Å². The number of nitrogens with one attached hydrogen (secondary N) is 1. The molecular weight excluding hydrogens is 279 g/mol. The highest BCUT2D eigenvalue weighted by molar-refractivity contribution is 5.99. The molecule has 0 saturated heterocycles. The Morgan fingerprint density at radius 2 is 2.05 bits per heavy atom. The summed E-state index contributed by atoms with van der Waals surface area (Å²) >= 11 is 0. The van der Waals surface area contributed by atoms with E-state index in [4.69, 9.17) is 5.11 Å². The van der Waals surface area contributed by atoms with Gasteiger partial charge in [0.25, 0.3) is 0 Å². The van der Waals surface area contributed by atoms with Gasteiger partial charge in [-0.1, -0.05) is 0 Å². The average molecular weight is 289 g/mol. The number of ether oxygens (including phenoxy) is 1. The second-order valence-electron chi connectivity index (χ2n) is 4.30. The summed E-state index contributed by atoms with van der Waals surface area (Å²) in [6, 6.07) is 2.75. The minimum Gasteiger partial charge on any atom is -0.481 e. The molecule has 2 unspecified atom stereocenters. The zero-order chi connectivity index (χ0) is 14.9. The summed E-state index contributed by atoms with van der Waals surface area (Å²) in [6.45, 7) is -3.17. The Balaban J connectivity index is 2.09. The lowest BCUT2D eigenvalue weighted by molar-refractivity contribution is -0.139. The Labute approximate surface area is 111 Å². The van der Waals surface area contributed by atoms with Gasteiger partial charge in [-0.05, 0) is 18.6 Å². The van der Waals surface area contributed by atoms with E-state index in [0.29, 0.717) is 6.07 Å². The maximum atomic E-state index is 13.0. The molecule has 0 spiro atoms. The molecule has 1 saturated carbocycles. The molecule has 20 heavy (non-hydrogen) atoms. The predicted octanol–water partition coefficient (Wildman–Crippen LogP) is 2.09. The van der Waals surface area contributed by atoms with E-state index in [0.717, 1.165) is 12.1 Å². The Bertz CT molecular complexity index is 550. The van der Waals surface area contributed by atoms with Crippen molar-refractivity contribution in [3.05, 3.63) is 24.0 Å². The Kier molecular flexibility index (Phi) is 3.82. The third kappa shape index (κ3) is 3.19. The quantitative estimate of drug-likeness (QED) is 0.870. The van der Waals surface area contributed by atoms with Crippen LogP contribution >= 0.6 is 0 Å². The van der Waals surface area contributed by atoms with Crippen LogP contribution in [0.5, 0.6) is 5.75 Å². The number of carbonyl (C=O) groups excluding carboxylic acids is 1. The molecule has 1 aromatic carbocycles. The highest BCUT2D eigenvalue weighted by atomic mass is 19.3. The number of benzene rings is 1. The van der Waals surface area contributed by atoms with Gasteiger partial charge in [0, 0.05) is 6.07 Å². The summed E-state index contributed by atoms with van der Waals surface area (Å²) in [6.07, 6.45) is 0.188. The van der Waals surface area contributed by atoms with Crippen LogP contribution in [0.15, 0.2) is 18.2 Å². The largest absolute Gasteiger partial charge is 0.481 e. The number of amides is 1. The maximum absolute atomic E-state index is 13.0. The van der Waals surface area contributed by atoms with Gasteiger partial charge in [-0.25, -0.2) is 4.39 Å². The maximum Gasteiger partial charge on any atom is 0.387 e. The lowest BCUT2D eigenvalue weighted by Gasteiger charge is -2.11. The van der Waals surface area contributed by atoms with Crippen molar-refractivity contribution < 1.29 is 32.6 Å². The molecule has 1 aliphatic rings.